The lowest BCUT2D eigenvalue weighted by molar-refractivity contribution is -0.192. The molecular formula is C22H17F3N2O5S3. The van der Waals surface area contributed by atoms with E-state index < -0.39 is 22.0 Å². The number of thiophene rings is 1. The molecule has 0 fully saturated rings. The molecule has 2 aromatic carbocycles. The summed E-state index contributed by atoms with van der Waals surface area (Å²) in [6.07, 6.45) is -3.28. The Morgan fingerprint density at radius 2 is 1.77 bits per heavy atom. The van der Waals surface area contributed by atoms with Gasteiger partial charge in [0, 0.05) is 10.9 Å². The van der Waals surface area contributed by atoms with E-state index in [0.29, 0.717) is 20.4 Å². The van der Waals surface area contributed by atoms with E-state index in [1.54, 1.807) is 24.5 Å². The van der Waals surface area contributed by atoms with E-state index in [2.05, 4.69) is 0 Å². The van der Waals surface area contributed by atoms with E-state index in [0.717, 1.165) is 11.0 Å². The van der Waals surface area contributed by atoms with Crippen LogP contribution in [0.2, 0.25) is 0 Å². The summed E-state index contributed by atoms with van der Waals surface area (Å²) in [6.45, 7) is 0. The van der Waals surface area contributed by atoms with E-state index in [4.69, 9.17) is 25.5 Å². The monoisotopic (exact) mass is 542 g/mol. The summed E-state index contributed by atoms with van der Waals surface area (Å²) >= 11 is 2.54. The van der Waals surface area contributed by atoms with Crippen LogP contribution in [0.15, 0.2) is 79.1 Å². The summed E-state index contributed by atoms with van der Waals surface area (Å²) in [5, 5.41) is 15.7. The Bertz CT molecular complexity index is 1480. The first-order chi connectivity index (χ1) is 16.3. The largest absolute Gasteiger partial charge is 0.490 e. The third kappa shape index (κ3) is 5.86. The topological polar surface area (TPSA) is 134 Å². The number of nitrogen functional groups attached to an aromatic ring is 1. The molecule has 4 rings (SSSR count). The van der Waals surface area contributed by atoms with Gasteiger partial charge in [0.25, 0.3) is 0 Å². The molecule has 0 bridgehead atoms. The van der Waals surface area contributed by atoms with E-state index >= 15 is 0 Å². The zero-order valence-corrected chi connectivity index (χ0v) is 20.2. The summed E-state index contributed by atoms with van der Waals surface area (Å²) in [5.41, 5.74) is 6.98. The number of amidine groups is 1. The molecule has 2 heterocycles. The number of nitrogens with one attached hydrogen (secondary N) is 1. The number of hydrogen-bond acceptors (Lipinski definition) is 7. The van der Waals surface area contributed by atoms with Gasteiger partial charge in [0.1, 0.15) is 17.2 Å². The molecule has 2 aromatic heterocycles. The number of carboxylic acid groups (broad SMARTS) is 1. The molecule has 0 unspecified atom stereocenters. The molecule has 35 heavy (non-hydrogen) atoms. The van der Waals surface area contributed by atoms with Crippen molar-refractivity contribution in [1.29, 1.82) is 5.41 Å². The van der Waals surface area contributed by atoms with Crippen molar-refractivity contribution in [3.05, 3.63) is 65.5 Å². The highest BCUT2D eigenvalue weighted by Gasteiger charge is 2.38. The quantitative estimate of drug-likeness (QED) is 0.169. The van der Waals surface area contributed by atoms with Crippen LogP contribution in [-0.2, 0) is 14.6 Å². The third-order valence-electron chi connectivity index (χ3n) is 4.50. The van der Waals surface area contributed by atoms with Crippen LogP contribution >= 0.6 is 23.1 Å². The van der Waals surface area contributed by atoms with Crippen molar-refractivity contribution >= 4 is 55.7 Å². The number of rotatable bonds is 5. The minimum Gasteiger partial charge on any atom is -0.475 e. The Labute approximate surface area is 205 Å². The first-order valence-electron chi connectivity index (χ1n) is 9.51. The number of halogens is 3. The molecule has 0 saturated heterocycles. The fourth-order valence-corrected chi connectivity index (χ4v) is 6.79. The number of sulfone groups is 1. The molecule has 0 aliphatic heterocycles. The average Bonchev–Trinajstić information content (AvgIpc) is 3.44. The molecule has 0 spiro atoms. The Balaban J connectivity index is 0.000000429. The third-order valence-corrected chi connectivity index (χ3v) is 8.84. The van der Waals surface area contributed by atoms with Gasteiger partial charge in [-0.25, -0.2) is 13.2 Å². The molecule has 0 aliphatic carbocycles. The summed E-state index contributed by atoms with van der Waals surface area (Å²) in [7, 11) is -3.76. The number of carbonyl (C=O) groups is 1. The second-order valence-corrected chi connectivity index (χ2v) is 10.9. The first-order valence-corrected chi connectivity index (χ1v) is 13.0. The van der Waals surface area contributed by atoms with Crippen LogP contribution in [-0.4, -0.2) is 37.8 Å². The van der Waals surface area contributed by atoms with E-state index in [1.807, 2.05) is 36.4 Å². The Morgan fingerprint density at radius 1 is 1.11 bits per heavy atom. The smallest absolute Gasteiger partial charge is 0.475 e. The molecule has 0 aliphatic rings. The predicted molar refractivity (Wildman–Crippen MR) is 128 cm³/mol. The lowest BCUT2D eigenvalue weighted by atomic mass is 10.1. The zero-order valence-electron chi connectivity index (χ0n) is 17.8. The number of carboxylic acids is 1. The number of thioether (sulfide) groups is 1. The summed E-state index contributed by atoms with van der Waals surface area (Å²) in [4.78, 5) is 9.69. The highest BCUT2D eigenvalue weighted by Crippen LogP contribution is 2.38. The predicted octanol–water partition coefficient (Wildman–Crippen LogP) is 5.63. The van der Waals surface area contributed by atoms with Crippen molar-refractivity contribution in [2.45, 2.75) is 20.2 Å². The Kier molecular flexibility index (Phi) is 7.62. The van der Waals surface area contributed by atoms with Crippen LogP contribution in [0.3, 0.4) is 0 Å². The van der Waals surface area contributed by atoms with Crippen molar-refractivity contribution in [2.24, 2.45) is 5.73 Å². The van der Waals surface area contributed by atoms with Crippen molar-refractivity contribution < 1.29 is 35.9 Å². The number of para-hydroxylation sites is 1. The molecular weight excluding hydrogens is 525 g/mol. The molecule has 0 radical (unpaired) electrons. The van der Waals surface area contributed by atoms with Crippen molar-refractivity contribution in [2.75, 3.05) is 6.26 Å². The van der Waals surface area contributed by atoms with Crippen molar-refractivity contribution in [3.63, 3.8) is 0 Å². The van der Waals surface area contributed by atoms with Crippen LogP contribution in [0, 0.1) is 5.41 Å². The minimum atomic E-state index is -5.08. The van der Waals surface area contributed by atoms with Gasteiger partial charge in [-0.05, 0) is 36.6 Å². The maximum Gasteiger partial charge on any atom is 0.490 e. The number of benzene rings is 2. The molecule has 4 N–H and O–H groups in total. The first kappa shape index (κ1) is 26.3. The maximum absolute atomic E-state index is 13.3. The SMILES string of the molecule is CSc1sc(C(=N)N)cc1S(=O)(=O)c1cccc(-c2cc3ccccc3o2)c1.O=C(O)C(F)(F)F. The van der Waals surface area contributed by atoms with E-state index in [1.165, 1.54) is 29.2 Å². The lowest BCUT2D eigenvalue weighted by Crippen LogP contribution is -2.21. The normalized spacial score (nSPS) is 11.7. The summed E-state index contributed by atoms with van der Waals surface area (Å²) < 4.78 is 64.7. The number of nitrogens with two attached hydrogens (primary N) is 1. The van der Waals surface area contributed by atoms with Crippen LogP contribution < -0.4 is 5.73 Å². The Hall–Kier alpha value is -3.29. The molecule has 184 valence electrons. The summed E-state index contributed by atoms with van der Waals surface area (Å²) in [5.74, 6) is -2.29. The van der Waals surface area contributed by atoms with Gasteiger partial charge in [-0.2, -0.15) is 13.2 Å². The number of alkyl halides is 3. The molecule has 7 nitrogen and oxygen atoms in total. The van der Waals surface area contributed by atoms with Gasteiger partial charge in [-0.15, -0.1) is 23.1 Å². The maximum atomic E-state index is 13.3. The van der Waals surface area contributed by atoms with Gasteiger partial charge >= 0.3 is 12.1 Å². The van der Waals surface area contributed by atoms with E-state index in [-0.39, 0.29) is 15.6 Å². The van der Waals surface area contributed by atoms with Crippen LogP contribution in [0.25, 0.3) is 22.3 Å². The van der Waals surface area contributed by atoms with Crippen LogP contribution in [0.4, 0.5) is 13.2 Å². The van der Waals surface area contributed by atoms with Crippen LogP contribution in [0.1, 0.15) is 4.88 Å². The van der Waals surface area contributed by atoms with Gasteiger partial charge in [0.2, 0.25) is 9.84 Å². The lowest BCUT2D eigenvalue weighted by Gasteiger charge is -2.06. The fourth-order valence-electron chi connectivity index (χ4n) is 2.89. The average molecular weight is 543 g/mol. The second-order valence-electron chi connectivity index (χ2n) is 6.86. The van der Waals surface area contributed by atoms with E-state index in [9.17, 15) is 21.6 Å². The van der Waals surface area contributed by atoms with Gasteiger partial charge < -0.3 is 15.3 Å². The second kappa shape index (κ2) is 10.1. The van der Waals surface area contributed by atoms with Gasteiger partial charge in [0.15, 0.2) is 0 Å². The molecule has 4 aromatic rings. The number of hydrogen-bond donors (Lipinski definition) is 3. The van der Waals surface area contributed by atoms with Crippen molar-refractivity contribution in [1.82, 2.24) is 0 Å². The summed E-state index contributed by atoms with van der Waals surface area (Å²) in [6, 6.07) is 17.7. The number of aliphatic carboxylic acids is 1. The standard InChI is InChI=1S/C20H16N2O3S3.C2HF3O2/c1-26-20-18(11-17(27-20)19(21)22)28(23,24)14-7-4-6-12(9-14)16-10-13-5-2-3-8-15(13)25-16;3-2(4,5)1(6)7/h2-11H,1H3,(H3,21,22);(H,6,7). The van der Waals surface area contributed by atoms with Crippen LogP contribution in [0.5, 0.6) is 0 Å². The molecule has 0 atom stereocenters. The fraction of sp³-hybridized carbons (Fsp3) is 0.0909. The number of fused-ring (bicyclic) bond motifs is 1. The van der Waals surface area contributed by atoms with Crippen molar-refractivity contribution in [3.8, 4) is 11.3 Å². The highest BCUT2D eigenvalue weighted by molar-refractivity contribution is 8.01. The minimum absolute atomic E-state index is 0.141. The van der Waals surface area contributed by atoms with Gasteiger partial charge in [-0.3, -0.25) is 5.41 Å². The zero-order chi connectivity index (χ0) is 26.0. The molecule has 0 amide bonds. The van der Waals surface area contributed by atoms with Gasteiger partial charge in [-0.1, -0.05) is 30.3 Å². The number of furan rings is 1. The molecule has 13 heteroatoms. The Morgan fingerprint density at radius 3 is 2.34 bits per heavy atom. The molecule has 0 saturated carbocycles. The van der Waals surface area contributed by atoms with Gasteiger partial charge in [0.05, 0.1) is 18.9 Å². The highest BCUT2D eigenvalue weighted by atomic mass is 32.2.